The van der Waals surface area contributed by atoms with Crippen molar-refractivity contribution in [1.82, 2.24) is 19.3 Å². The van der Waals surface area contributed by atoms with Gasteiger partial charge in [-0.25, -0.2) is 9.67 Å². The van der Waals surface area contributed by atoms with Crippen LogP contribution in [-0.2, 0) is 6.42 Å². The first-order valence-corrected chi connectivity index (χ1v) is 15.0. The van der Waals surface area contributed by atoms with Crippen molar-refractivity contribution in [2.45, 2.75) is 40.0 Å². The van der Waals surface area contributed by atoms with Crippen molar-refractivity contribution < 1.29 is 4.74 Å². The molecule has 0 aliphatic heterocycles. The Morgan fingerprint density at radius 3 is 2.35 bits per heavy atom. The monoisotopic (exact) mass is 562 g/mol. The van der Waals surface area contributed by atoms with Crippen LogP contribution >= 0.6 is 0 Å². The number of aryl methyl sites for hydroxylation is 2. The van der Waals surface area contributed by atoms with Crippen molar-refractivity contribution in [2.75, 3.05) is 0 Å². The summed E-state index contributed by atoms with van der Waals surface area (Å²) in [7, 11) is 0. The standard InChI is InChI=1S/C38H34N4O/c1-4-5-17-35-38(28-12-7-6-8-13-28)27(3)40-42(35)29-14-11-15-30(24-29)43-31-19-20-33-32-16-9-10-18-34(32)41(36(33)25-31)37-23-26(2)21-22-39-37/h6-16,18-25H,4-5,17H2,1-3H3. The lowest BCUT2D eigenvalue weighted by atomic mass is 10.0. The summed E-state index contributed by atoms with van der Waals surface area (Å²) < 4.78 is 10.8. The topological polar surface area (TPSA) is 44.9 Å². The minimum atomic E-state index is 0.768. The van der Waals surface area contributed by atoms with Gasteiger partial charge in [0, 0.05) is 34.7 Å². The molecule has 0 fully saturated rings. The molecule has 3 aromatic heterocycles. The van der Waals surface area contributed by atoms with Gasteiger partial charge in [0.15, 0.2) is 0 Å². The third-order valence-electron chi connectivity index (χ3n) is 8.06. The van der Waals surface area contributed by atoms with Gasteiger partial charge < -0.3 is 4.74 Å². The quantitative estimate of drug-likeness (QED) is 0.185. The number of hydrogen-bond acceptors (Lipinski definition) is 3. The van der Waals surface area contributed by atoms with Crippen LogP contribution in [0.1, 0.15) is 36.7 Å². The Kier molecular flexibility index (Phi) is 6.99. The number of fused-ring (bicyclic) bond motifs is 3. The second-order valence-electron chi connectivity index (χ2n) is 11.1. The molecule has 0 radical (unpaired) electrons. The minimum absolute atomic E-state index is 0.768. The fourth-order valence-corrected chi connectivity index (χ4v) is 6.06. The van der Waals surface area contributed by atoms with Crippen molar-refractivity contribution >= 4 is 21.8 Å². The molecule has 0 aliphatic carbocycles. The second kappa shape index (κ2) is 11.3. The Bertz CT molecular complexity index is 2070. The first-order valence-electron chi connectivity index (χ1n) is 15.0. The molecule has 0 unspecified atom stereocenters. The van der Waals surface area contributed by atoms with Crippen molar-refractivity contribution in [1.29, 1.82) is 0 Å². The van der Waals surface area contributed by atoms with Crippen LogP contribution < -0.4 is 4.74 Å². The predicted octanol–water partition coefficient (Wildman–Crippen LogP) is 9.78. The lowest BCUT2D eigenvalue weighted by Crippen LogP contribution is -2.03. The zero-order chi connectivity index (χ0) is 29.3. The Labute approximate surface area is 252 Å². The van der Waals surface area contributed by atoms with E-state index in [0.29, 0.717) is 0 Å². The summed E-state index contributed by atoms with van der Waals surface area (Å²) in [6, 6.07) is 37.8. The Morgan fingerprint density at radius 2 is 1.51 bits per heavy atom. The zero-order valence-electron chi connectivity index (χ0n) is 24.8. The SMILES string of the molecule is CCCCc1c(-c2ccccc2)c(C)nn1-c1cccc(Oc2ccc3c4ccccc4n(-c4cc(C)ccn4)c3c2)c1. The molecule has 7 rings (SSSR count). The first kappa shape index (κ1) is 26.7. The lowest BCUT2D eigenvalue weighted by Gasteiger charge is -2.12. The van der Waals surface area contributed by atoms with Crippen LogP contribution in [0.2, 0.25) is 0 Å². The highest BCUT2D eigenvalue weighted by Gasteiger charge is 2.18. The summed E-state index contributed by atoms with van der Waals surface area (Å²) in [5.41, 5.74) is 9.05. The number of para-hydroxylation sites is 1. The molecule has 0 amide bonds. The maximum absolute atomic E-state index is 6.53. The van der Waals surface area contributed by atoms with E-state index in [1.165, 1.54) is 33.2 Å². The molecule has 4 aromatic carbocycles. The fraction of sp³-hybridized carbons (Fsp3) is 0.158. The van der Waals surface area contributed by atoms with Gasteiger partial charge in [-0.2, -0.15) is 5.10 Å². The second-order valence-corrected chi connectivity index (χ2v) is 11.1. The number of ether oxygens (including phenoxy) is 1. The van der Waals surface area contributed by atoms with Gasteiger partial charge in [-0.3, -0.25) is 4.57 Å². The number of unbranched alkanes of at least 4 members (excludes halogenated alkanes) is 1. The van der Waals surface area contributed by atoms with Crippen molar-refractivity contribution in [2.24, 2.45) is 0 Å². The molecular weight excluding hydrogens is 528 g/mol. The molecule has 212 valence electrons. The van der Waals surface area contributed by atoms with E-state index in [1.807, 2.05) is 30.5 Å². The van der Waals surface area contributed by atoms with E-state index in [0.717, 1.165) is 59.0 Å². The summed E-state index contributed by atoms with van der Waals surface area (Å²) in [6.07, 6.45) is 5.05. The maximum Gasteiger partial charge on any atom is 0.137 e. The van der Waals surface area contributed by atoms with Crippen molar-refractivity contribution in [3.8, 4) is 34.1 Å². The van der Waals surface area contributed by atoms with E-state index in [1.54, 1.807) is 0 Å². The molecule has 0 saturated heterocycles. The molecule has 0 N–H and O–H groups in total. The Hall–Kier alpha value is -5.16. The van der Waals surface area contributed by atoms with E-state index < -0.39 is 0 Å². The molecule has 0 atom stereocenters. The van der Waals surface area contributed by atoms with Gasteiger partial charge in [0.1, 0.15) is 17.3 Å². The predicted molar refractivity (Wildman–Crippen MR) is 176 cm³/mol. The highest BCUT2D eigenvalue weighted by molar-refractivity contribution is 6.09. The largest absolute Gasteiger partial charge is 0.457 e. The number of hydrogen-bond donors (Lipinski definition) is 0. The van der Waals surface area contributed by atoms with Crippen LogP contribution in [0.25, 0.3) is 44.4 Å². The molecule has 3 heterocycles. The van der Waals surface area contributed by atoms with Crippen molar-refractivity contribution in [3.63, 3.8) is 0 Å². The van der Waals surface area contributed by atoms with Crippen LogP contribution in [0, 0.1) is 13.8 Å². The van der Waals surface area contributed by atoms with Crippen LogP contribution in [0.4, 0.5) is 0 Å². The molecule has 7 aromatic rings. The summed E-state index contributed by atoms with van der Waals surface area (Å²) in [5.74, 6) is 2.44. The third-order valence-corrected chi connectivity index (χ3v) is 8.06. The van der Waals surface area contributed by atoms with E-state index in [-0.39, 0.29) is 0 Å². The summed E-state index contributed by atoms with van der Waals surface area (Å²) in [4.78, 5) is 4.71. The summed E-state index contributed by atoms with van der Waals surface area (Å²) in [5, 5.41) is 7.39. The van der Waals surface area contributed by atoms with Crippen LogP contribution in [0.15, 0.2) is 115 Å². The fourth-order valence-electron chi connectivity index (χ4n) is 6.06. The molecular formula is C38H34N4O. The van der Waals surface area contributed by atoms with E-state index in [4.69, 9.17) is 14.8 Å². The smallest absolute Gasteiger partial charge is 0.137 e. The summed E-state index contributed by atoms with van der Waals surface area (Å²) in [6.45, 7) is 6.43. The highest BCUT2D eigenvalue weighted by Crippen LogP contribution is 2.36. The average Bonchev–Trinajstić information content (AvgIpc) is 3.54. The first-order chi connectivity index (χ1) is 21.1. The molecule has 0 spiro atoms. The molecule has 0 aliphatic rings. The minimum Gasteiger partial charge on any atom is -0.457 e. The van der Waals surface area contributed by atoms with E-state index >= 15 is 0 Å². The molecule has 5 heteroatoms. The van der Waals surface area contributed by atoms with Gasteiger partial charge >= 0.3 is 0 Å². The summed E-state index contributed by atoms with van der Waals surface area (Å²) >= 11 is 0. The third kappa shape index (κ3) is 4.97. The van der Waals surface area contributed by atoms with E-state index in [9.17, 15) is 0 Å². The van der Waals surface area contributed by atoms with E-state index in [2.05, 4.69) is 115 Å². The normalized spacial score (nSPS) is 11.4. The Balaban J connectivity index is 1.29. The number of aromatic nitrogens is 4. The number of benzene rings is 4. The average molecular weight is 563 g/mol. The number of pyridine rings is 1. The van der Waals surface area contributed by atoms with Gasteiger partial charge in [-0.05, 0) is 80.3 Å². The molecule has 0 bridgehead atoms. The van der Waals surface area contributed by atoms with Gasteiger partial charge in [-0.1, -0.05) is 67.9 Å². The number of nitrogens with zero attached hydrogens (tertiary/aromatic N) is 4. The van der Waals surface area contributed by atoms with Gasteiger partial charge in [0.2, 0.25) is 0 Å². The molecule has 0 saturated carbocycles. The maximum atomic E-state index is 6.53. The molecule has 43 heavy (non-hydrogen) atoms. The van der Waals surface area contributed by atoms with Gasteiger partial charge in [-0.15, -0.1) is 0 Å². The van der Waals surface area contributed by atoms with Crippen LogP contribution in [0.3, 0.4) is 0 Å². The zero-order valence-corrected chi connectivity index (χ0v) is 24.8. The van der Waals surface area contributed by atoms with Crippen LogP contribution in [0.5, 0.6) is 11.5 Å². The van der Waals surface area contributed by atoms with Gasteiger partial charge in [0.05, 0.1) is 28.1 Å². The number of rotatable bonds is 8. The highest BCUT2D eigenvalue weighted by atomic mass is 16.5. The van der Waals surface area contributed by atoms with Gasteiger partial charge in [0.25, 0.3) is 0 Å². The van der Waals surface area contributed by atoms with Crippen LogP contribution in [-0.4, -0.2) is 19.3 Å². The van der Waals surface area contributed by atoms with Crippen molar-refractivity contribution in [3.05, 3.63) is 132 Å². The Morgan fingerprint density at radius 1 is 0.721 bits per heavy atom. The molecule has 5 nitrogen and oxygen atoms in total. The lowest BCUT2D eigenvalue weighted by molar-refractivity contribution is 0.482.